The Morgan fingerprint density at radius 2 is 1.69 bits per heavy atom. The number of thiophene rings is 1. The van der Waals surface area contributed by atoms with Crippen molar-refractivity contribution in [3.8, 4) is 0 Å². The van der Waals surface area contributed by atoms with Gasteiger partial charge in [-0.05, 0) is 51.3 Å². The molecule has 0 radical (unpaired) electrons. The number of hydrogen-bond acceptors (Lipinski definition) is 5. The lowest BCUT2D eigenvalue weighted by molar-refractivity contribution is -0.120. The number of carbonyl (C=O) groups excluding carboxylic acids is 2. The van der Waals surface area contributed by atoms with Gasteiger partial charge in [0.2, 0.25) is 15.9 Å². The van der Waals surface area contributed by atoms with Crippen LogP contribution >= 0.6 is 11.3 Å². The van der Waals surface area contributed by atoms with Gasteiger partial charge < -0.3 is 11.1 Å². The zero-order valence-electron chi connectivity index (χ0n) is 16.7. The molecule has 0 spiro atoms. The lowest BCUT2D eigenvalue weighted by Gasteiger charge is -2.30. The van der Waals surface area contributed by atoms with Gasteiger partial charge in [-0.15, -0.1) is 11.3 Å². The number of sulfonamides is 1. The van der Waals surface area contributed by atoms with E-state index in [9.17, 15) is 18.0 Å². The van der Waals surface area contributed by atoms with Crippen LogP contribution < -0.4 is 11.1 Å². The Morgan fingerprint density at radius 3 is 2.24 bits per heavy atom. The first kappa shape index (κ1) is 21.5. The molecule has 7 nitrogen and oxygen atoms in total. The molecule has 3 rings (SSSR count). The molecule has 2 amide bonds. The molecule has 9 heteroatoms. The number of hydrogen-bond donors (Lipinski definition) is 2. The van der Waals surface area contributed by atoms with Gasteiger partial charge in [-0.2, -0.15) is 4.31 Å². The SMILES string of the molecule is Cc1ccc(S(=O)(=O)N2CCC(C(=O)Nc3sc(C)c(C)c3C(N)=O)CC2)cc1. The van der Waals surface area contributed by atoms with Crippen molar-refractivity contribution in [2.45, 2.75) is 38.5 Å². The quantitative estimate of drug-likeness (QED) is 0.752. The maximum atomic E-state index is 12.8. The molecule has 2 heterocycles. The van der Waals surface area contributed by atoms with Crippen molar-refractivity contribution in [2.24, 2.45) is 11.7 Å². The third-order valence-corrected chi connectivity index (χ3v) is 8.39. The third kappa shape index (κ3) is 4.36. The normalized spacial score (nSPS) is 16.0. The summed E-state index contributed by atoms with van der Waals surface area (Å²) in [6.07, 6.45) is 0.846. The zero-order chi connectivity index (χ0) is 21.3. The molecule has 29 heavy (non-hydrogen) atoms. The Morgan fingerprint density at radius 1 is 1.10 bits per heavy atom. The van der Waals surface area contributed by atoms with Gasteiger partial charge in [0.15, 0.2) is 0 Å². The number of nitrogens with two attached hydrogens (primary N) is 1. The van der Waals surface area contributed by atoms with Gasteiger partial charge in [0.05, 0.1) is 10.5 Å². The van der Waals surface area contributed by atoms with E-state index in [4.69, 9.17) is 5.73 Å². The number of amides is 2. The van der Waals surface area contributed by atoms with E-state index in [1.807, 2.05) is 13.8 Å². The predicted molar refractivity (Wildman–Crippen MR) is 114 cm³/mol. The summed E-state index contributed by atoms with van der Waals surface area (Å²) in [6.45, 7) is 6.13. The van der Waals surface area contributed by atoms with Gasteiger partial charge in [-0.3, -0.25) is 9.59 Å². The summed E-state index contributed by atoms with van der Waals surface area (Å²) in [5.41, 5.74) is 7.57. The summed E-state index contributed by atoms with van der Waals surface area (Å²) in [6, 6.07) is 6.76. The van der Waals surface area contributed by atoms with Gasteiger partial charge in [0.25, 0.3) is 5.91 Å². The maximum Gasteiger partial charge on any atom is 0.251 e. The van der Waals surface area contributed by atoms with E-state index >= 15 is 0 Å². The van der Waals surface area contributed by atoms with Crippen molar-refractivity contribution >= 4 is 38.2 Å². The van der Waals surface area contributed by atoms with Crippen molar-refractivity contribution in [3.63, 3.8) is 0 Å². The molecular formula is C20H25N3O4S2. The van der Waals surface area contributed by atoms with Crippen molar-refractivity contribution in [1.82, 2.24) is 4.31 Å². The Labute approximate surface area is 175 Å². The van der Waals surface area contributed by atoms with E-state index < -0.39 is 15.9 Å². The number of benzene rings is 1. The highest BCUT2D eigenvalue weighted by Crippen LogP contribution is 2.33. The largest absolute Gasteiger partial charge is 0.365 e. The lowest BCUT2D eigenvalue weighted by atomic mass is 9.97. The first-order valence-corrected chi connectivity index (χ1v) is 11.6. The molecule has 1 aromatic heterocycles. The van der Waals surface area contributed by atoms with Crippen LogP contribution in [0.5, 0.6) is 0 Å². The summed E-state index contributed by atoms with van der Waals surface area (Å²) >= 11 is 1.33. The Bertz CT molecular complexity index is 1030. The van der Waals surface area contributed by atoms with Crippen molar-refractivity contribution in [2.75, 3.05) is 18.4 Å². The summed E-state index contributed by atoms with van der Waals surface area (Å²) < 4.78 is 27.0. The summed E-state index contributed by atoms with van der Waals surface area (Å²) in [5.74, 6) is -1.09. The second-order valence-corrected chi connectivity index (χ2v) is 10.5. The standard InChI is InChI=1S/C20H25N3O4S2/c1-12-4-6-16(7-5-12)29(26,27)23-10-8-15(9-11-23)19(25)22-20-17(18(21)24)13(2)14(3)28-20/h4-7,15H,8-11H2,1-3H3,(H2,21,24)(H,22,25). The smallest absolute Gasteiger partial charge is 0.251 e. The fraction of sp³-hybridized carbons (Fsp3) is 0.400. The van der Waals surface area contributed by atoms with Crippen LogP contribution in [0.3, 0.4) is 0 Å². The van der Waals surface area contributed by atoms with Crippen LogP contribution in [0.15, 0.2) is 29.2 Å². The van der Waals surface area contributed by atoms with Crippen LogP contribution in [-0.4, -0.2) is 37.6 Å². The summed E-state index contributed by atoms with van der Waals surface area (Å²) in [7, 11) is -3.56. The van der Waals surface area contributed by atoms with Crippen molar-refractivity contribution in [3.05, 3.63) is 45.8 Å². The average molecular weight is 436 g/mol. The molecule has 156 valence electrons. The minimum atomic E-state index is -3.56. The topological polar surface area (TPSA) is 110 Å². The molecule has 1 saturated heterocycles. The Kier molecular flexibility index (Phi) is 6.11. The van der Waals surface area contributed by atoms with E-state index in [-0.39, 0.29) is 29.8 Å². The molecule has 1 aliphatic heterocycles. The number of aryl methyl sites for hydroxylation is 2. The fourth-order valence-corrected chi connectivity index (χ4v) is 5.98. The zero-order valence-corrected chi connectivity index (χ0v) is 18.3. The molecule has 1 aliphatic rings. The van der Waals surface area contributed by atoms with Crippen LogP contribution in [0.4, 0.5) is 5.00 Å². The highest BCUT2D eigenvalue weighted by molar-refractivity contribution is 7.89. The first-order chi connectivity index (χ1) is 13.6. The van der Waals surface area contributed by atoms with Gasteiger partial charge in [-0.25, -0.2) is 8.42 Å². The van der Waals surface area contributed by atoms with Crippen molar-refractivity contribution in [1.29, 1.82) is 0 Å². The maximum absolute atomic E-state index is 12.8. The molecule has 3 N–H and O–H groups in total. The average Bonchev–Trinajstić information content (AvgIpc) is 2.95. The van der Waals surface area contributed by atoms with Gasteiger partial charge >= 0.3 is 0 Å². The second-order valence-electron chi connectivity index (χ2n) is 7.33. The molecule has 0 atom stereocenters. The van der Waals surface area contributed by atoms with Gasteiger partial charge in [0, 0.05) is 23.9 Å². The number of anilines is 1. The van der Waals surface area contributed by atoms with Crippen molar-refractivity contribution < 1.29 is 18.0 Å². The van der Waals surface area contributed by atoms with Crippen LogP contribution in [-0.2, 0) is 14.8 Å². The number of rotatable bonds is 5. The van der Waals surface area contributed by atoms with E-state index in [2.05, 4.69) is 5.32 Å². The van der Waals surface area contributed by atoms with E-state index in [1.54, 1.807) is 31.2 Å². The van der Waals surface area contributed by atoms with Crippen LogP contribution in [0, 0.1) is 26.7 Å². The molecule has 0 unspecified atom stereocenters. The predicted octanol–water partition coefficient (Wildman–Crippen LogP) is 2.81. The van der Waals surface area contributed by atoms with Crippen LogP contribution in [0.2, 0.25) is 0 Å². The second kappa shape index (κ2) is 8.25. The number of carbonyl (C=O) groups is 2. The number of primary amides is 1. The van der Waals surface area contributed by atoms with E-state index in [1.165, 1.54) is 15.6 Å². The number of nitrogens with one attached hydrogen (secondary N) is 1. The number of piperidine rings is 1. The molecule has 2 aromatic rings. The minimum absolute atomic E-state index is 0.207. The Balaban J connectivity index is 1.67. The molecule has 0 saturated carbocycles. The summed E-state index contributed by atoms with van der Waals surface area (Å²) in [5, 5.41) is 3.29. The first-order valence-electron chi connectivity index (χ1n) is 9.38. The Hall–Kier alpha value is -2.23. The third-order valence-electron chi connectivity index (χ3n) is 5.35. The molecule has 1 aromatic carbocycles. The van der Waals surface area contributed by atoms with Gasteiger partial charge in [0.1, 0.15) is 5.00 Å². The van der Waals surface area contributed by atoms with Gasteiger partial charge in [-0.1, -0.05) is 17.7 Å². The van der Waals surface area contributed by atoms with Crippen LogP contribution in [0.25, 0.3) is 0 Å². The monoisotopic (exact) mass is 435 g/mol. The van der Waals surface area contributed by atoms with E-state index in [0.29, 0.717) is 23.4 Å². The fourth-order valence-electron chi connectivity index (χ4n) is 3.44. The lowest BCUT2D eigenvalue weighted by Crippen LogP contribution is -2.41. The van der Waals surface area contributed by atoms with E-state index in [0.717, 1.165) is 16.0 Å². The molecular weight excluding hydrogens is 410 g/mol. The molecule has 1 fully saturated rings. The minimum Gasteiger partial charge on any atom is -0.365 e. The summed E-state index contributed by atoms with van der Waals surface area (Å²) in [4.78, 5) is 25.6. The molecule has 0 bridgehead atoms. The van der Waals surface area contributed by atoms with Crippen LogP contribution in [0.1, 0.15) is 39.2 Å². The number of nitrogens with zero attached hydrogens (tertiary/aromatic N) is 1. The molecule has 0 aliphatic carbocycles. The highest BCUT2D eigenvalue weighted by Gasteiger charge is 2.32. The highest BCUT2D eigenvalue weighted by atomic mass is 32.2.